The van der Waals surface area contributed by atoms with Gasteiger partial charge in [-0.3, -0.25) is 4.79 Å². The van der Waals surface area contributed by atoms with Crippen LogP contribution in [0.15, 0.2) is 37.1 Å². The molecule has 0 radical (unpaired) electrons. The van der Waals surface area contributed by atoms with Gasteiger partial charge in [0.25, 0.3) is 0 Å². The lowest BCUT2D eigenvalue weighted by atomic mass is 9.87. The van der Waals surface area contributed by atoms with Crippen LogP contribution in [-0.2, 0) is 11.0 Å². The molecule has 2 aromatic rings. The number of alkyl halides is 3. The molecule has 1 aromatic heterocycles. The molecule has 1 amide bonds. The highest BCUT2D eigenvalue weighted by molar-refractivity contribution is 6.01. The Bertz CT molecular complexity index is 1070. The van der Waals surface area contributed by atoms with Crippen LogP contribution in [0, 0.1) is 5.92 Å². The third kappa shape index (κ3) is 6.32. The predicted octanol–water partition coefficient (Wildman–Crippen LogP) is 7.01. The molecule has 4 rings (SSSR count). The molecule has 0 spiro atoms. The van der Waals surface area contributed by atoms with Gasteiger partial charge < -0.3 is 16.0 Å². The van der Waals surface area contributed by atoms with Gasteiger partial charge in [0.15, 0.2) is 0 Å². The monoisotopic (exact) mass is 487 g/mol. The molecule has 0 bridgehead atoms. The normalized spacial score (nSPS) is 20.9. The molecule has 1 heterocycles. The average Bonchev–Trinajstić information content (AvgIpc) is 3.34. The zero-order chi connectivity index (χ0) is 25.0. The van der Waals surface area contributed by atoms with Crippen LogP contribution in [0.25, 0.3) is 0 Å². The Labute approximate surface area is 203 Å². The van der Waals surface area contributed by atoms with Gasteiger partial charge in [0.2, 0.25) is 11.9 Å². The van der Waals surface area contributed by atoms with Gasteiger partial charge in [0.1, 0.15) is 11.4 Å². The second kappa shape index (κ2) is 10.7. The van der Waals surface area contributed by atoms with Gasteiger partial charge >= 0.3 is 6.18 Å². The van der Waals surface area contributed by atoms with Crippen LogP contribution >= 0.6 is 0 Å². The number of anilines is 4. The van der Waals surface area contributed by atoms with Crippen molar-refractivity contribution in [2.75, 3.05) is 16.0 Å². The molecular weight excluding hydrogens is 455 g/mol. The molecule has 3 N–H and O–H groups in total. The van der Waals surface area contributed by atoms with Crippen LogP contribution < -0.4 is 16.0 Å². The van der Waals surface area contributed by atoms with Crippen LogP contribution in [0.1, 0.15) is 75.3 Å². The van der Waals surface area contributed by atoms with Gasteiger partial charge in [-0.15, -0.1) is 0 Å². The first kappa shape index (κ1) is 25.0. The summed E-state index contributed by atoms with van der Waals surface area (Å²) in [4.78, 5) is 20.2. The molecule has 9 heteroatoms. The summed E-state index contributed by atoms with van der Waals surface area (Å²) >= 11 is 0. The summed E-state index contributed by atoms with van der Waals surface area (Å²) in [6.07, 6.45) is 5.75. The van der Waals surface area contributed by atoms with Crippen molar-refractivity contribution in [3.05, 3.63) is 48.2 Å². The number of aromatic nitrogens is 2. The van der Waals surface area contributed by atoms with Crippen molar-refractivity contribution in [3.8, 4) is 0 Å². The van der Waals surface area contributed by atoms with Gasteiger partial charge in [-0.2, -0.15) is 18.2 Å². The third-order valence-corrected chi connectivity index (χ3v) is 6.93. The van der Waals surface area contributed by atoms with Crippen LogP contribution in [0.4, 0.5) is 36.3 Å². The smallest absolute Gasteiger partial charge is 0.351 e. The lowest BCUT2D eigenvalue weighted by Gasteiger charge is -2.27. The van der Waals surface area contributed by atoms with E-state index in [9.17, 15) is 18.0 Å². The molecule has 2 aliphatic rings. The van der Waals surface area contributed by atoms with Gasteiger partial charge in [-0.05, 0) is 61.3 Å². The SMILES string of the molecule is C=CC(=O)Nc1cc(C2CCCC2)ccc1Nc1nc(N[C@H]2CCC[C@@H](C)C2)ncc1C(F)(F)F. The number of halogens is 3. The van der Waals surface area contributed by atoms with Crippen molar-refractivity contribution in [2.45, 2.75) is 76.4 Å². The Kier molecular flexibility index (Phi) is 7.62. The third-order valence-electron chi connectivity index (χ3n) is 6.93. The number of carbonyl (C=O) groups is 1. The van der Waals surface area contributed by atoms with E-state index in [2.05, 4.69) is 39.4 Å². The lowest BCUT2D eigenvalue weighted by Crippen LogP contribution is -2.27. The number of benzene rings is 1. The molecular formula is C26H32F3N5O. The summed E-state index contributed by atoms with van der Waals surface area (Å²) in [7, 11) is 0. The number of hydrogen-bond acceptors (Lipinski definition) is 5. The first-order chi connectivity index (χ1) is 16.7. The fraction of sp³-hybridized carbons (Fsp3) is 0.500. The summed E-state index contributed by atoms with van der Waals surface area (Å²) in [5, 5.41) is 8.75. The topological polar surface area (TPSA) is 78.9 Å². The van der Waals surface area contributed by atoms with Crippen molar-refractivity contribution >= 4 is 29.0 Å². The Morgan fingerprint density at radius 2 is 1.89 bits per heavy atom. The van der Waals surface area contributed by atoms with Crippen LogP contribution in [-0.4, -0.2) is 21.9 Å². The van der Waals surface area contributed by atoms with Crippen molar-refractivity contribution in [2.24, 2.45) is 5.92 Å². The number of carbonyl (C=O) groups excluding carboxylic acids is 1. The zero-order valence-electron chi connectivity index (χ0n) is 19.9. The quantitative estimate of drug-likeness (QED) is 0.366. The second-order valence-electron chi connectivity index (χ2n) is 9.67. The molecule has 1 aromatic carbocycles. The first-order valence-corrected chi connectivity index (χ1v) is 12.3. The summed E-state index contributed by atoms with van der Waals surface area (Å²) in [6.45, 7) is 5.65. The van der Waals surface area contributed by atoms with E-state index < -0.39 is 17.6 Å². The molecule has 2 saturated carbocycles. The lowest BCUT2D eigenvalue weighted by molar-refractivity contribution is -0.137. The molecule has 188 valence electrons. The fourth-order valence-corrected chi connectivity index (χ4v) is 5.10. The summed E-state index contributed by atoms with van der Waals surface area (Å²) in [5.74, 6) is 0.272. The maximum absolute atomic E-state index is 13.8. The highest BCUT2D eigenvalue weighted by Crippen LogP contribution is 2.40. The summed E-state index contributed by atoms with van der Waals surface area (Å²) < 4.78 is 41.4. The maximum atomic E-state index is 13.8. The average molecular weight is 488 g/mol. The number of hydrogen-bond donors (Lipinski definition) is 3. The predicted molar refractivity (Wildman–Crippen MR) is 132 cm³/mol. The number of amides is 1. The van der Waals surface area contributed by atoms with E-state index in [1.165, 1.54) is 0 Å². The van der Waals surface area contributed by atoms with Crippen LogP contribution in [0.2, 0.25) is 0 Å². The van der Waals surface area contributed by atoms with E-state index in [0.29, 0.717) is 23.2 Å². The Balaban J connectivity index is 1.65. The standard InChI is InChI=1S/C26H32F3N5O/c1-3-23(35)32-22-14-18(17-8-4-5-9-17)11-12-21(22)33-24-20(26(27,28)29)15-30-25(34-24)31-19-10-6-7-16(2)13-19/h3,11-12,14-17,19H,1,4-10,13H2,2H3,(H,32,35)(H2,30,31,33,34)/t16-,19+/m1/s1. The molecule has 35 heavy (non-hydrogen) atoms. The number of nitrogens with one attached hydrogen (secondary N) is 3. The fourth-order valence-electron chi connectivity index (χ4n) is 5.10. The van der Waals surface area contributed by atoms with E-state index in [4.69, 9.17) is 0 Å². The van der Waals surface area contributed by atoms with Crippen molar-refractivity contribution in [1.82, 2.24) is 9.97 Å². The van der Waals surface area contributed by atoms with E-state index in [1.54, 1.807) is 6.07 Å². The minimum absolute atomic E-state index is 0.122. The van der Waals surface area contributed by atoms with Gasteiger partial charge in [-0.25, -0.2) is 4.98 Å². The van der Waals surface area contributed by atoms with Crippen LogP contribution in [0.5, 0.6) is 0 Å². The van der Waals surface area contributed by atoms with Crippen molar-refractivity contribution in [3.63, 3.8) is 0 Å². The maximum Gasteiger partial charge on any atom is 0.421 e. The molecule has 2 fully saturated rings. The minimum atomic E-state index is -4.64. The minimum Gasteiger partial charge on any atom is -0.351 e. The Hall–Kier alpha value is -3.10. The number of nitrogens with zero attached hydrogens (tertiary/aromatic N) is 2. The van der Waals surface area contributed by atoms with E-state index in [-0.39, 0.29) is 17.8 Å². The summed E-state index contributed by atoms with van der Waals surface area (Å²) in [6, 6.07) is 5.55. The van der Waals surface area contributed by atoms with Gasteiger partial charge in [0, 0.05) is 12.2 Å². The highest BCUT2D eigenvalue weighted by Gasteiger charge is 2.36. The van der Waals surface area contributed by atoms with Crippen molar-refractivity contribution in [1.29, 1.82) is 0 Å². The van der Waals surface area contributed by atoms with E-state index >= 15 is 0 Å². The van der Waals surface area contributed by atoms with E-state index in [1.807, 2.05) is 12.1 Å². The van der Waals surface area contributed by atoms with E-state index in [0.717, 1.165) is 69.2 Å². The summed E-state index contributed by atoms with van der Waals surface area (Å²) in [5.41, 5.74) is 0.797. The highest BCUT2D eigenvalue weighted by atomic mass is 19.4. The van der Waals surface area contributed by atoms with Crippen LogP contribution in [0.3, 0.4) is 0 Å². The molecule has 0 aliphatic heterocycles. The largest absolute Gasteiger partial charge is 0.421 e. The first-order valence-electron chi connectivity index (χ1n) is 12.3. The Morgan fingerprint density at radius 1 is 1.11 bits per heavy atom. The molecule has 2 aliphatic carbocycles. The Morgan fingerprint density at radius 3 is 2.57 bits per heavy atom. The molecule has 6 nitrogen and oxygen atoms in total. The van der Waals surface area contributed by atoms with Gasteiger partial charge in [0.05, 0.1) is 11.4 Å². The molecule has 0 unspecified atom stereocenters. The molecule has 0 saturated heterocycles. The van der Waals surface area contributed by atoms with Gasteiger partial charge in [-0.1, -0.05) is 45.3 Å². The number of rotatable bonds is 7. The second-order valence-corrected chi connectivity index (χ2v) is 9.67. The zero-order valence-corrected chi connectivity index (χ0v) is 19.9. The van der Waals surface area contributed by atoms with Crippen molar-refractivity contribution < 1.29 is 18.0 Å². The molecule has 2 atom stereocenters.